The van der Waals surface area contributed by atoms with E-state index in [1.54, 1.807) is 0 Å². The number of hydrogen-bond acceptors (Lipinski definition) is 4. The zero-order valence-corrected chi connectivity index (χ0v) is 8.83. The van der Waals surface area contributed by atoms with Gasteiger partial charge in [-0.1, -0.05) is 13.8 Å². The van der Waals surface area contributed by atoms with E-state index in [0.29, 0.717) is 6.42 Å². The minimum atomic E-state index is -0.345. The minimum absolute atomic E-state index is 0.108. The monoisotopic (exact) mass is 200 g/mol. The van der Waals surface area contributed by atoms with Crippen molar-refractivity contribution in [3.8, 4) is 0 Å². The summed E-state index contributed by atoms with van der Waals surface area (Å²) in [6, 6.07) is 0. The molecule has 0 amide bonds. The summed E-state index contributed by atoms with van der Waals surface area (Å²) in [5, 5.41) is 0. The predicted octanol–water partition coefficient (Wildman–Crippen LogP) is 1.28. The molecule has 0 aliphatic carbocycles. The zero-order chi connectivity index (χ0) is 10.8. The van der Waals surface area contributed by atoms with Gasteiger partial charge >= 0.3 is 11.9 Å². The van der Waals surface area contributed by atoms with Crippen molar-refractivity contribution in [3.05, 3.63) is 0 Å². The third-order valence-electron chi connectivity index (χ3n) is 2.56. The van der Waals surface area contributed by atoms with Crippen LogP contribution in [0.25, 0.3) is 0 Å². The summed E-state index contributed by atoms with van der Waals surface area (Å²) in [5.74, 6) is -0.552. The average Bonchev–Trinajstić information content (AvgIpc) is 2.07. The summed E-state index contributed by atoms with van der Waals surface area (Å²) >= 11 is 0. The van der Waals surface area contributed by atoms with Gasteiger partial charge in [-0.3, -0.25) is 9.59 Å². The van der Waals surface area contributed by atoms with Gasteiger partial charge in [0, 0.05) is 18.8 Å². The number of carbonyl (C=O) groups excluding carboxylic acids is 2. The molecule has 0 N–H and O–H groups in total. The highest BCUT2D eigenvalue weighted by molar-refractivity contribution is 5.70. The summed E-state index contributed by atoms with van der Waals surface area (Å²) in [7, 11) is 0. The Morgan fingerprint density at radius 1 is 1.64 bits per heavy atom. The van der Waals surface area contributed by atoms with Crippen LogP contribution in [0.3, 0.4) is 0 Å². The van der Waals surface area contributed by atoms with Gasteiger partial charge in [-0.05, 0) is 6.42 Å². The molecule has 1 heterocycles. The predicted molar refractivity (Wildman–Crippen MR) is 49.5 cm³/mol. The molecule has 1 aliphatic rings. The number of rotatable bonds is 2. The molecule has 1 saturated heterocycles. The average molecular weight is 200 g/mol. The molecule has 0 aromatic carbocycles. The van der Waals surface area contributed by atoms with Crippen molar-refractivity contribution >= 4 is 11.9 Å². The van der Waals surface area contributed by atoms with E-state index in [4.69, 9.17) is 9.47 Å². The second-order valence-electron chi connectivity index (χ2n) is 4.27. The SMILES string of the molecule is CC(=O)OC[C@@H]1OC(=O)CCC1(C)C. The first-order valence-corrected chi connectivity index (χ1v) is 4.74. The highest BCUT2D eigenvalue weighted by Crippen LogP contribution is 2.33. The van der Waals surface area contributed by atoms with Gasteiger partial charge in [-0.2, -0.15) is 0 Å². The molecule has 14 heavy (non-hydrogen) atoms. The molecule has 1 atom stereocenters. The maximum atomic E-state index is 11.0. The molecule has 4 heteroatoms. The molecule has 1 rings (SSSR count). The van der Waals surface area contributed by atoms with Crippen LogP contribution in [0.15, 0.2) is 0 Å². The molecule has 0 saturated carbocycles. The van der Waals surface area contributed by atoms with E-state index < -0.39 is 0 Å². The van der Waals surface area contributed by atoms with Crippen LogP contribution >= 0.6 is 0 Å². The Balaban J connectivity index is 2.54. The summed E-state index contributed by atoms with van der Waals surface area (Å²) in [6.45, 7) is 5.52. The molecule has 1 aliphatic heterocycles. The van der Waals surface area contributed by atoms with Gasteiger partial charge in [0.25, 0.3) is 0 Å². The standard InChI is InChI=1S/C10H16O4/c1-7(11)13-6-8-10(2,3)5-4-9(12)14-8/h8H,4-6H2,1-3H3/t8-/m0/s1. The van der Waals surface area contributed by atoms with Crippen LogP contribution in [-0.2, 0) is 19.1 Å². The van der Waals surface area contributed by atoms with Gasteiger partial charge in [0.1, 0.15) is 12.7 Å². The second kappa shape index (κ2) is 3.98. The molecule has 1 fully saturated rings. The van der Waals surface area contributed by atoms with E-state index in [0.717, 1.165) is 6.42 Å². The Labute approximate surface area is 83.6 Å². The van der Waals surface area contributed by atoms with Gasteiger partial charge < -0.3 is 9.47 Å². The molecular formula is C10H16O4. The maximum Gasteiger partial charge on any atom is 0.306 e. The van der Waals surface area contributed by atoms with Crippen molar-refractivity contribution in [1.82, 2.24) is 0 Å². The lowest BCUT2D eigenvalue weighted by Crippen LogP contribution is -2.42. The van der Waals surface area contributed by atoms with Crippen LogP contribution in [0.5, 0.6) is 0 Å². The Kier molecular flexibility index (Phi) is 3.13. The van der Waals surface area contributed by atoms with E-state index in [9.17, 15) is 9.59 Å². The molecular weight excluding hydrogens is 184 g/mol. The van der Waals surface area contributed by atoms with Crippen LogP contribution < -0.4 is 0 Å². The third kappa shape index (κ3) is 2.72. The van der Waals surface area contributed by atoms with Gasteiger partial charge in [0.2, 0.25) is 0 Å². The molecule has 4 nitrogen and oxygen atoms in total. The van der Waals surface area contributed by atoms with Crippen molar-refractivity contribution < 1.29 is 19.1 Å². The van der Waals surface area contributed by atoms with Crippen molar-refractivity contribution in [3.63, 3.8) is 0 Å². The second-order valence-corrected chi connectivity index (χ2v) is 4.27. The third-order valence-corrected chi connectivity index (χ3v) is 2.56. The first-order valence-electron chi connectivity index (χ1n) is 4.74. The first-order chi connectivity index (χ1) is 6.42. The van der Waals surface area contributed by atoms with E-state index in [1.165, 1.54) is 6.92 Å². The lowest BCUT2D eigenvalue weighted by atomic mass is 9.80. The van der Waals surface area contributed by atoms with E-state index in [-0.39, 0.29) is 30.1 Å². The summed E-state index contributed by atoms with van der Waals surface area (Å²) in [4.78, 5) is 21.7. The topological polar surface area (TPSA) is 52.6 Å². The van der Waals surface area contributed by atoms with E-state index >= 15 is 0 Å². The minimum Gasteiger partial charge on any atom is -0.462 e. The first kappa shape index (κ1) is 11.0. The van der Waals surface area contributed by atoms with Crippen LogP contribution in [0, 0.1) is 5.41 Å². The molecule has 0 radical (unpaired) electrons. The molecule has 0 bridgehead atoms. The fourth-order valence-electron chi connectivity index (χ4n) is 1.41. The van der Waals surface area contributed by atoms with Gasteiger partial charge in [0.05, 0.1) is 0 Å². The zero-order valence-electron chi connectivity index (χ0n) is 8.83. The summed E-state index contributed by atoms with van der Waals surface area (Å²) < 4.78 is 9.98. The lowest BCUT2D eigenvalue weighted by molar-refractivity contribution is -0.174. The van der Waals surface area contributed by atoms with Gasteiger partial charge in [-0.15, -0.1) is 0 Å². The smallest absolute Gasteiger partial charge is 0.306 e. The summed E-state index contributed by atoms with van der Waals surface area (Å²) in [6.07, 6.45) is 0.911. The quantitative estimate of drug-likeness (QED) is 0.630. The normalized spacial score (nSPS) is 25.4. The number of ether oxygens (including phenoxy) is 2. The summed E-state index contributed by atoms with van der Waals surface area (Å²) in [5.41, 5.74) is -0.108. The van der Waals surface area contributed by atoms with Crippen LogP contribution in [-0.4, -0.2) is 24.6 Å². The van der Waals surface area contributed by atoms with E-state index in [1.807, 2.05) is 13.8 Å². The molecule has 0 aromatic heterocycles. The van der Waals surface area contributed by atoms with Crippen molar-refractivity contribution in [2.24, 2.45) is 5.41 Å². The van der Waals surface area contributed by atoms with Crippen molar-refractivity contribution in [2.45, 2.75) is 39.7 Å². The highest BCUT2D eigenvalue weighted by atomic mass is 16.6. The highest BCUT2D eigenvalue weighted by Gasteiger charge is 2.37. The van der Waals surface area contributed by atoms with Crippen molar-refractivity contribution in [1.29, 1.82) is 0 Å². The number of cyclic esters (lactones) is 1. The fourth-order valence-corrected chi connectivity index (χ4v) is 1.41. The van der Waals surface area contributed by atoms with Crippen molar-refractivity contribution in [2.75, 3.05) is 6.61 Å². The van der Waals surface area contributed by atoms with Crippen LogP contribution in [0.2, 0.25) is 0 Å². The van der Waals surface area contributed by atoms with Crippen LogP contribution in [0.4, 0.5) is 0 Å². The largest absolute Gasteiger partial charge is 0.462 e. The molecule has 0 aromatic rings. The number of hydrogen-bond donors (Lipinski definition) is 0. The molecule has 0 spiro atoms. The van der Waals surface area contributed by atoms with Gasteiger partial charge in [-0.25, -0.2) is 0 Å². The van der Waals surface area contributed by atoms with Gasteiger partial charge in [0.15, 0.2) is 0 Å². The maximum absolute atomic E-state index is 11.0. The molecule has 0 unspecified atom stereocenters. The van der Waals surface area contributed by atoms with Crippen LogP contribution in [0.1, 0.15) is 33.6 Å². The Morgan fingerprint density at radius 2 is 2.29 bits per heavy atom. The fraction of sp³-hybridized carbons (Fsp3) is 0.800. The Bertz CT molecular complexity index is 245. The molecule has 80 valence electrons. The number of esters is 2. The Morgan fingerprint density at radius 3 is 2.86 bits per heavy atom. The lowest BCUT2D eigenvalue weighted by Gasteiger charge is -2.36. The van der Waals surface area contributed by atoms with E-state index in [2.05, 4.69) is 0 Å². The Hall–Kier alpha value is -1.06. The number of carbonyl (C=O) groups is 2.